The molecule has 1 aromatic heterocycles. The Morgan fingerprint density at radius 3 is 3.11 bits per heavy atom. The van der Waals surface area contributed by atoms with E-state index in [-0.39, 0.29) is 11.9 Å². The van der Waals surface area contributed by atoms with E-state index in [0.29, 0.717) is 29.9 Å². The molecule has 2 rings (SSSR count). The van der Waals surface area contributed by atoms with Gasteiger partial charge in [0, 0.05) is 13.1 Å². The van der Waals surface area contributed by atoms with Gasteiger partial charge in [-0.05, 0) is 13.3 Å². The van der Waals surface area contributed by atoms with Gasteiger partial charge in [0.25, 0.3) is 5.91 Å². The van der Waals surface area contributed by atoms with Gasteiger partial charge in [-0.1, -0.05) is 18.3 Å². The van der Waals surface area contributed by atoms with Crippen LogP contribution in [0.15, 0.2) is 0 Å². The van der Waals surface area contributed by atoms with Crippen LogP contribution >= 0.6 is 11.3 Å². The van der Waals surface area contributed by atoms with E-state index in [0.717, 1.165) is 13.0 Å². The zero-order valence-corrected chi connectivity index (χ0v) is 11.5. The summed E-state index contributed by atoms with van der Waals surface area (Å²) in [5, 5.41) is 12.1. The molecular formula is C11H18N4O2S. The maximum absolute atomic E-state index is 12.3. The minimum Gasteiger partial charge on any atom is -0.377 e. The molecule has 0 aliphatic carbocycles. The molecule has 1 aromatic rings. The van der Waals surface area contributed by atoms with E-state index in [1.807, 2.05) is 11.8 Å². The highest BCUT2D eigenvalue weighted by Gasteiger charge is 2.28. The number of amides is 1. The molecule has 0 bridgehead atoms. The first-order valence-corrected chi connectivity index (χ1v) is 7.04. The molecule has 0 saturated carbocycles. The van der Waals surface area contributed by atoms with Crippen LogP contribution in [0.2, 0.25) is 0 Å². The van der Waals surface area contributed by atoms with Crippen LogP contribution in [0.25, 0.3) is 0 Å². The fraction of sp³-hybridized carbons (Fsp3) is 0.727. The van der Waals surface area contributed by atoms with Crippen molar-refractivity contribution in [3.05, 3.63) is 5.01 Å². The molecule has 1 unspecified atom stereocenters. The summed E-state index contributed by atoms with van der Waals surface area (Å²) in [5.41, 5.74) is 0. The van der Waals surface area contributed by atoms with Crippen molar-refractivity contribution in [2.45, 2.75) is 26.3 Å². The summed E-state index contributed by atoms with van der Waals surface area (Å²) in [5.74, 6) is -0.0354. The molecule has 1 saturated heterocycles. The van der Waals surface area contributed by atoms with Crippen molar-refractivity contribution in [3.8, 4) is 0 Å². The highest BCUT2D eigenvalue weighted by molar-refractivity contribution is 7.17. The second-order valence-electron chi connectivity index (χ2n) is 4.08. The summed E-state index contributed by atoms with van der Waals surface area (Å²) in [7, 11) is 0. The van der Waals surface area contributed by atoms with E-state index < -0.39 is 0 Å². The molecule has 1 N–H and O–H groups in total. The zero-order valence-electron chi connectivity index (χ0n) is 10.7. The van der Waals surface area contributed by atoms with Gasteiger partial charge in [0.2, 0.25) is 10.1 Å². The van der Waals surface area contributed by atoms with Crippen molar-refractivity contribution in [1.82, 2.24) is 15.1 Å². The quantitative estimate of drug-likeness (QED) is 0.891. The summed E-state index contributed by atoms with van der Waals surface area (Å²) in [6, 6.07) is 0.151. The first kappa shape index (κ1) is 13.2. The number of hydrogen-bond donors (Lipinski definition) is 1. The minimum absolute atomic E-state index is 0.0354. The van der Waals surface area contributed by atoms with Gasteiger partial charge in [-0.3, -0.25) is 4.79 Å². The van der Waals surface area contributed by atoms with Crippen LogP contribution in [0.5, 0.6) is 0 Å². The van der Waals surface area contributed by atoms with Crippen molar-refractivity contribution in [2.75, 3.05) is 31.6 Å². The normalized spacial score (nSPS) is 19.9. The molecule has 1 aliphatic rings. The summed E-state index contributed by atoms with van der Waals surface area (Å²) in [6.07, 6.45) is 0.893. The predicted molar refractivity (Wildman–Crippen MR) is 70.0 cm³/mol. The van der Waals surface area contributed by atoms with Crippen LogP contribution in [0, 0.1) is 0 Å². The van der Waals surface area contributed by atoms with E-state index in [4.69, 9.17) is 4.74 Å². The van der Waals surface area contributed by atoms with Gasteiger partial charge >= 0.3 is 0 Å². The largest absolute Gasteiger partial charge is 0.377 e. The molecule has 1 amide bonds. The fourth-order valence-electron chi connectivity index (χ4n) is 1.92. The Morgan fingerprint density at radius 1 is 1.56 bits per heavy atom. The lowest BCUT2D eigenvalue weighted by Crippen LogP contribution is -2.48. The number of ether oxygens (including phenoxy) is 1. The van der Waals surface area contributed by atoms with Crippen LogP contribution < -0.4 is 5.32 Å². The Bertz CT molecular complexity index is 410. The monoisotopic (exact) mass is 270 g/mol. The number of nitrogens with zero attached hydrogens (tertiary/aromatic N) is 3. The number of rotatable bonds is 4. The molecule has 2 heterocycles. The van der Waals surface area contributed by atoms with Gasteiger partial charge in [0.1, 0.15) is 0 Å². The lowest BCUT2D eigenvalue weighted by atomic mass is 10.2. The van der Waals surface area contributed by atoms with Gasteiger partial charge in [-0.25, -0.2) is 0 Å². The molecule has 100 valence electrons. The van der Waals surface area contributed by atoms with Gasteiger partial charge in [-0.15, -0.1) is 10.2 Å². The van der Waals surface area contributed by atoms with Crippen LogP contribution in [-0.4, -0.2) is 53.3 Å². The van der Waals surface area contributed by atoms with E-state index in [9.17, 15) is 4.79 Å². The number of carbonyl (C=O) groups excluding carboxylic acids is 1. The molecule has 6 nitrogen and oxygen atoms in total. The van der Waals surface area contributed by atoms with Crippen molar-refractivity contribution >= 4 is 22.4 Å². The molecule has 1 atom stereocenters. The van der Waals surface area contributed by atoms with Crippen molar-refractivity contribution in [2.24, 2.45) is 0 Å². The van der Waals surface area contributed by atoms with Gasteiger partial charge in [-0.2, -0.15) is 0 Å². The van der Waals surface area contributed by atoms with Crippen LogP contribution in [-0.2, 0) is 4.74 Å². The topological polar surface area (TPSA) is 67.4 Å². The Labute approximate surface area is 110 Å². The van der Waals surface area contributed by atoms with E-state index in [1.165, 1.54) is 11.3 Å². The summed E-state index contributed by atoms with van der Waals surface area (Å²) in [4.78, 5) is 14.2. The maximum Gasteiger partial charge on any atom is 0.285 e. The number of nitrogens with one attached hydrogen (secondary N) is 1. The highest BCUT2D eigenvalue weighted by Crippen LogP contribution is 2.20. The Balaban J connectivity index is 2.08. The molecular weight excluding hydrogens is 252 g/mol. The summed E-state index contributed by atoms with van der Waals surface area (Å²) in [6.45, 7) is 6.66. The zero-order chi connectivity index (χ0) is 13.0. The van der Waals surface area contributed by atoms with Crippen molar-refractivity contribution in [1.29, 1.82) is 0 Å². The smallest absolute Gasteiger partial charge is 0.285 e. The first-order chi connectivity index (χ1) is 8.76. The molecule has 18 heavy (non-hydrogen) atoms. The average Bonchev–Trinajstić information content (AvgIpc) is 2.87. The lowest BCUT2D eigenvalue weighted by molar-refractivity contribution is -0.00285. The van der Waals surface area contributed by atoms with Gasteiger partial charge in [0.05, 0.1) is 19.3 Å². The molecule has 1 aliphatic heterocycles. The third kappa shape index (κ3) is 2.78. The second-order valence-corrected chi connectivity index (χ2v) is 5.06. The first-order valence-electron chi connectivity index (χ1n) is 6.22. The van der Waals surface area contributed by atoms with E-state index >= 15 is 0 Å². The molecule has 7 heteroatoms. The second kappa shape index (κ2) is 6.10. The molecule has 0 spiro atoms. The molecule has 1 fully saturated rings. The Kier molecular flexibility index (Phi) is 4.48. The van der Waals surface area contributed by atoms with Crippen molar-refractivity contribution < 1.29 is 9.53 Å². The van der Waals surface area contributed by atoms with Gasteiger partial charge in [0.15, 0.2) is 0 Å². The highest BCUT2D eigenvalue weighted by atomic mass is 32.1. The minimum atomic E-state index is -0.0354. The Morgan fingerprint density at radius 2 is 2.39 bits per heavy atom. The van der Waals surface area contributed by atoms with Gasteiger partial charge < -0.3 is 15.0 Å². The van der Waals surface area contributed by atoms with Crippen LogP contribution in [0.4, 0.5) is 5.13 Å². The summed E-state index contributed by atoms with van der Waals surface area (Å²) >= 11 is 1.31. The fourth-order valence-corrected chi connectivity index (χ4v) is 2.68. The predicted octanol–water partition coefficient (Wildman–Crippen LogP) is 1.22. The standard InChI is InChI=1S/C11H18N4O2S/c1-3-8-7-17-6-5-15(8)10(16)9-13-14-11(18-9)12-4-2/h8H,3-7H2,1-2H3,(H,12,14). The average molecular weight is 270 g/mol. The molecule has 0 radical (unpaired) electrons. The SMILES string of the molecule is CCNc1nnc(C(=O)N2CCOCC2CC)s1. The number of carbonyl (C=O) groups is 1. The number of anilines is 1. The van der Waals surface area contributed by atoms with E-state index in [2.05, 4.69) is 22.4 Å². The number of morpholine rings is 1. The van der Waals surface area contributed by atoms with E-state index in [1.54, 1.807) is 0 Å². The third-order valence-electron chi connectivity index (χ3n) is 2.90. The maximum atomic E-state index is 12.3. The Hall–Kier alpha value is -1.21. The van der Waals surface area contributed by atoms with Crippen LogP contribution in [0.3, 0.4) is 0 Å². The van der Waals surface area contributed by atoms with Crippen LogP contribution in [0.1, 0.15) is 30.1 Å². The number of hydrogen-bond acceptors (Lipinski definition) is 6. The molecule has 0 aromatic carbocycles. The van der Waals surface area contributed by atoms with Crippen molar-refractivity contribution in [3.63, 3.8) is 0 Å². The lowest BCUT2D eigenvalue weighted by Gasteiger charge is -2.34. The third-order valence-corrected chi connectivity index (χ3v) is 3.76. The summed E-state index contributed by atoms with van der Waals surface area (Å²) < 4.78 is 5.39. The number of aromatic nitrogens is 2.